The van der Waals surface area contributed by atoms with Crippen LogP contribution in [0.4, 0.5) is 0 Å². The molecule has 2 rings (SSSR count). The first-order valence-corrected chi connectivity index (χ1v) is 9.59. The average Bonchev–Trinajstić information content (AvgIpc) is 3.06. The maximum atomic E-state index is 12.6. The molecule has 0 bridgehead atoms. The van der Waals surface area contributed by atoms with E-state index in [-0.39, 0.29) is 16.8 Å². The molecule has 0 aliphatic heterocycles. The molecule has 1 aliphatic rings. The number of sulfonamides is 1. The van der Waals surface area contributed by atoms with E-state index in [1.165, 1.54) is 12.1 Å². The fraction of sp³-hybridized carbons (Fsp3) is 0.389. The summed E-state index contributed by atoms with van der Waals surface area (Å²) in [7, 11) is -3.61. The molecule has 0 unspecified atom stereocenters. The predicted octanol–water partition coefficient (Wildman–Crippen LogP) is 2.72. The van der Waals surface area contributed by atoms with Crippen LogP contribution >= 0.6 is 0 Å². The highest BCUT2D eigenvalue weighted by molar-refractivity contribution is 7.89. The maximum absolute atomic E-state index is 12.6. The third-order valence-corrected chi connectivity index (χ3v) is 5.57. The van der Waals surface area contributed by atoms with Gasteiger partial charge in [0.05, 0.1) is 4.90 Å². The van der Waals surface area contributed by atoms with Crippen molar-refractivity contribution in [1.82, 2.24) is 9.62 Å². The zero-order valence-electron chi connectivity index (χ0n) is 13.8. The second kappa shape index (κ2) is 8.26. The summed E-state index contributed by atoms with van der Waals surface area (Å²) in [6.45, 7) is 8.03. The smallest absolute Gasteiger partial charge is 0.254 e. The van der Waals surface area contributed by atoms with Gasteiger partial charge in [-0.1, -0.05) is 31.1 Å². The highest BCUT2D eigenvalue weighted by Gasteiger charge is 2.24. The molecule has 1 N–H and O–H groups in total. The van der Waals surface area contributed by atoms with Gasteiger partial charge in [0.1, 0.15) is 0 Å². The van der Waals surface area contributed by atoms with Crippen molar-refractivity contribution in [2.45, 2.75) is 36.6 Å². The summed E-state index contributed by atoms with van der Waals surface area (Å²) in [5.74, 6) is -0.243. The van der Waals surface area contributed by atoms with Gasteiger partial charge < -0.3 is 4.90 Å². The van der Waals surface area contributed by atoms with Crippen molar-refractivity contribution in [2.24, 2.45) is 0 Å². The molecule has 24 heavy (non-hydrogen) atoms. The van der Waals surface area contributed by atoms with Crippen LogP contribution in [-0.2, 0) is 10.0 Å². The Bertz CT molecular complexity index is 697. The third kappa shape index (κ3) is 4.55. The van der Waals surface area contributed by atoms with Crippen LogP contribution in [0.5, 0.6) is 0 Å². The molecule has 1 amide bonds. The van der Waals surface area contributed by atoms with Gasteiger partial charge in [0.25, 0.3) is 5.91 Å². The standard InChI is InChI=1S/C18H24N2O3S/c1-3-12-20(13-4-2)18(21)15-8-7-11-17(14-15)24(22,23)19-16-9-5-6-10-16/h3-4,7-8,11,14,16,19H,1-2,5-6,9-10,12-13H2. The van der Waals surface area contributed by atoms with Gasteiger partial charge >= 0.3 is 0 Å². The Morgan fingerprint density at radius 3 is 2.42 bits per heavy atom. The molecule has 0 heterocycles. The lowest BCUT2D eigenvalue weighted by atomic mass is 10.2. The van der Waals surface area contributed by atoms with Crippen LogP contribution < -0.4 is 4.72 Å². The number of benzene rings is 1. The summed E-state index contributed by atoms with van der Waals surface area (Å²) in [6, 6.07) is 6.15. The summed E-state index contributed by atoms with van der Waals surface area (Å²) in [5.41, 5.74) is 0.341. The highest BCUT2D eigenvalue weighted by atomic mass is 32.2. The van der Waals surface area contributed by atoms with Gasteiger partial charge in [0, 0.05) is 24.7 Å². The lowest BCUT2D eigenvalue weighted by Crippen LogP contribution is -2.33. The van der Waals surface area contributed by atoms with Gasteiger partial charge in [-0.25, -0.2) is 13.1 Å². The normalized spacial score (nSPS) is 15.2. The second-order valence-corrected chi connectivity index (χ2v) is 7.63. The Kier molecular flexibility index (Phi) is 6.34. The summed E-state index contributed by atoms with van der Waals surface area (Å²) in [5, 5.41) is 0. The Hall–Kier alpha value is -1.92. The van der Waals surface area contributed by atoms with Gasteiger partial charge in [0.15, 0.2) is 0 Å². The molecule has 0 aromatic heterocycles. The molecule has 5 nitrogen and oxygen atoms in total. The van der Waals surface area contributed by atoms with E-state index in [4.69, 9.17) is 0 Å². The molecule has 6 heteroatoms. The number of hydrogen-bond acceptors (Lipinski definition) is 3. The molecule has 0 radical (unpaired) electrons. The minimum atomic E-state index is -3.61. The van der Waals surface area contributed by atoms with Crippen molar-refractivity contribution in [2.75, 3.05) is 13.1 Å². The number of carbonyl (C=O) groups excluding carboxylic acids is 1. The molecule has 1 aliphatic carbocycles. The molecule has 0 spiro atoms. The highest BCUT2D eigenvalue weighted by Crippen LogP contribution is 2.21. The SMILES string of the molecule is C=CCN(CC=C)C(=O)c1cccc(S(=O)(=O)NC2CCCC2)c1. The lowest BCUT2D eigenvalue weighted by molar-refractivity contribution is 0.0790. The number of rotatable bonds is 8. The van der Waals surface area contributed by atoms with E-state index < -0.39 is 10.0 Å². The summed E-state index contributed by atoms with van der Waals surface area (Å²) in [4.78, 5) is 14.2. The topological polar surface area (TPSA) is 66.5 Å². The summed E-state index contributed by atoms with van der Waals surface area (Å²) in [6.07, 6.45) is 7.08. The van der Waals surface area contributed by atoms with Crippen LogP contribution in [0.15, 0.2) is 54.5 Å². The Morgan fingerprint density at radius 1 is 1.21 bits per heavy atom. The van der Waals surface area contributed by atoms with Gasteiger partial charge in [-0.3, -0.25) is 4.79 Å². The van der Waals surface area contributed by atoms with Crippen LogP contribution in [0.3, 0.4) is 0 Å². The molecule has 1 fully saturated rings. The minimum Gasteiger partial charge on any atom is -0.331 e. The van der Waals surface area contributed by atoms with Crippen LogP contribution in [0, 0.1) is 0 Å². The Labute approximate surface area is 144 Å². The monoisotopic (exact) mass is 348 g/mol. The molecule has 1 aromatic rings. The number of nitrogens with zero attached hydrogens (tertiary/aromatic N) is 1. The zero-order valence-corrected chi connectivity index (χ0v) is 14.6. The first-order chi connectivity index (χ1) is 11.5. The maximum Gasteiger partial charge on any atom is 0.254 e. The van der Waals surface area contributed by atoms with Crippen molar-refractivity contribution in [3.8, 4) is 0 Å². The van der Waals surface area contributed by atoms with Crippen molar-refractivity contribution < 1.29 is 13.2 Å². The van der Waals surface area contributed by atoms with Crippen molar-refractivity contribution >= 4 is 15.9 Å². The number of nitrogens with one attached hydrogen (secondary N) is 1. The molecule has 1 aromatic carbocycles. The van der Waals surface area contributed by atoms with Gasteiger partial charge in [-0.15, -0.1) is 13.2 Å². The quantitative estimate of drug-likeness (QED) is 0.735. The molecular formula is C18H24N2O3S. The molecule has 0 atom stereocenters. The van der Waals surface area contributed by atoms with Crippen LogP contribution in [-0.4, -0.2) is 38.4 Å². The minimum absolute atomic E-state index is 0.00705. The first kappa shape index (κ1) is 18.4. The van der Waals surface area contributed by atoms with Gasteiger partial charge in [0.2, 0.25) is 10.0 Å². The van der Waals surface area contributed by atoms with E-state index in [1.54, 1.807) is 29.2 Å². The summed E-state index contributed by atoms with van der Waals surface area (Å²) < 4.78 is 27.8. The van der Waals surface area contributed by atoms with E-state index >= 15 is 0 Å². The fourth-order valence-corrected chi connectivity index (χ4v) is 4.21. The van der Waals surface area contributed by atoms with Gasteiger partial charge in [-0.05, 0) is 31.0 Å². The molecule has 130 valence electrons. The van der Waals surface area contributed by atoms with E-state index in [0.717, 1.165) is 25.7 Å². The molecule has 0 saturated heterocycles. The summed E-state index contributed by atoms with van der Waals surface area (Å²) >= 11 is 0. The van der Waals surface area contributed by atoms with E-state index in [0.29, 0.717) is 18.7 Å². The fourth-order valence-electron chi connectivity index (χ4n) is 2.86. The Balaban J connectivity index is 2.22. The Morgan fingerprint density at radius 2 is 1.83 bits per heavy atom. The van der Waals surface area contributed by atoms with Crippen LogP contribution in [0.2, 0.25) is 0 Å². The first-order valence-electron chi connectivity index (χ1n) is 8.11. The van der Waals surface area contributed by atoms with Crippen molar-refractivity contribution in [1.29, 1.82) is 0 Å². The largest absolute Gasteiger partial charge is 0.331 e. The second-order valence-electron chi connectivity index (χ2n) is 5.92. The average molecular weight is 348 g/mol. The van der Waals surface area contributed by atoms with Crippen molar-refractivity contribution in [3.05, 3.63) is 55.1 Å². The van der Waals surface area contributed by atoms with Crippen molar-refractivity contribution in [3.63, 3.8) is 0 Å². The zero-order chi connectivity index (χ0) is 17.6. The number of hydrogen-bond donors (Lipinski definition) is 1. The predicted molar refractivity (Wildman–Crippen MR) is 95.3 cm³/mol. The van der Waals surface area contributed by atoms with Crippen LogP contribution in [0.25, 0.3) is 0 Å². The van der Waals surface area contributed by atoms with E-state index in [1.807, 2.05) is 0 Å². The molecule has 1 saturated carbocycles. The third-order valence-electron chi connectivity index (χ3n) is 4.05. The van der Waals surface area contributed by atoms with E-state index in [2.05, 4.69) is 17.9 Å². The van der Waals surface area contributed by atoms with E-state index in [9.17, 15) is 13.2 Å². The number of amides is 1. The molecular weight excluding hydrogens is 324 g/mol. The number of carbonyl (C=O) groups is 1. The van der Waals surface area contributed by atoms with Gasteiger partial charge in [-0.2, -0.15) is 0 Å². The van der Waals surface area contributed by atoms with Crippen LogP contribution in [0.1, 0.15) is 36.0 Å². The lowest BCUT2D eigenvalue weighted by Gasteiger charge is -2.20.